The molecule has 1 aromatic heterocycles. The van der Waals surface area contributed by atoms with E-state index in [2.05, 4.69) is 4.98 Å². The molecular weight excluding hydrogens is 389 g/mol. The Morgan fingerprint density at radius 1 is 1.14 bits per heavy atom. The summed E-state index contributed by atoms with van der Waals surface area (Å²) in [5.41, 5.74) is 1.48. The van der Waals surface area contributed by atoms with E-state index >= 15 is 0 Å². The molecule has 1 atom stereocenters. The van der Waals surface area contributed by atoms with Gasteiger partial charge in [0.05, 0.1) is 16.6 Å². The van der Waals surface area contributed by atoms with Crippen LogP contribution in [0.3, 0.4) is 0 Å². The molecule has 7 heteroatoms. The number of aromatic amines is 1. The molecule has 0 saturated carbocycles. The number of alkyl halides is 3. The summed E-state index contributed by atoms with van der Waals surface area (Å²) in [5, 5.41) is 0.832. The maximum Gasteiger partial charge on any atom is 0.405 e. The van der Waals surface area contributed by atoms with Crippen LogP contribution < -0.4 is 10.5 Å². The van der Waals surface area contributed by atoms with Crippen LogP contribution in [-0.2, 0) is 5.41 Å². The van der Waals surface area contributed by atoms with Crippen molar-refractivity contribution in [3.63, 3.8) is 0 Å². The van der Waals surface area contributed by atoms with Gasteiger partial charge in [-0.15, -0.1) is 0 Å². The number of H-pyrrole nitrogens is 1. The Balaban J connectivity index is 2.04. The van der Waals surface area contributed by atoms with E-state index in [0.29, 0.717) is 22.2 Å². The van der Waals surface area contributed by atoms with Crippen LogP contribution in [0.4, 0.5) is 18.9 Å². The van der Waals surface area contributed by atoms with Gasteiger partial charge < -0.3 is 9.88 Å². The van der Waals surface area contributed by atoms with Crippen LogP contribution in [0, 0.1) is 0 Å². The van der Waals surface area contributed by atoms with E-state index in [4.69, 9.17) is 11.6 Å². The number of nitrogens with one attached hydrogen (secondary N) is 1. The normalized spacial score (nSPS) is 18.5. The molecule has 0 amide bonds. The fraction of sp³-hybridized carbons (Fsp3) is 0.286. The van der Waals surface area contributed by atoms with Gasteiger partial charge in [-0.3, -0.25) is 4.79 Å². The van der Waals surface area contributed by atoms with E-state index in [1.807, 2.05) is 44.2 Å². The molecule has 2 aromatic carbocycles. The smallest absolute Gasteiger partial charge is 0.354 e. The highest BCUT2D eigenvalue weighted by molar-refractivity contribution is 6.35. The van der Waals surface area contributed by atoms with Crippen molar-refractivity contribution in [2.75, 3.05) is 11.4 Å². The third-order valence-electron chi connectivity index (χ3n) is 5.35. The topological polar surface area (TPSA) is 36.1 Å². The number of hydrogen-bond donors (Lipinski definition) is 1. The molecule has 0 fully saturated rings. The lowest BCUT2D eigenvalue weighted by Gasteiger charge is -2.35. The molecule has 28 heavy (non-hydrogen) atoms. The Morgan fingerprint density at radius 2 is 1.82 bits per heavy atom. The molecule has 1 aliphatic heterocycles. The molecular formula is C21H18ClF3N2O. The van der Waals surface area contributed by atoms with Crippen LogP contribution in [0.15, 0.2) is 53.3 Å². The first-order valence-electron chi connectivity index (χ1n) is 8.84. The Labute approximate surface area is 164 Å². The van der Waals surface area contributed by atoms with Crippen molar-refractivity contribution in [3.05, 3.63) is 75.0 Å². The van der Waals surface area contributed by atoms with E-state index in [1.165, 1.54) is 11.0 Å². The van der Waals surface area contributed by atoms with E-state index in [1.54, 1.807) is 12.1 Å². The second-order valence-electron chi connectivity index (χ2n) is 7.64. The van der Waals surface area contributed by atoms with Gasteiger partial charge in [0.25, 0.3) is 0 Å². The molecule has 1 N–H and O–H groups in total. The Kier molecular flexibility index (Phi) is 4.23. The zero-order chi connectivity index (χ0) is 20.3. The monoisotopic (exact) mass is 406 g/mol. The maximum atomic E-state index is 13.5. The highest BCUT2D eigenvalue weighted by Gasteiger charge is 2.49. The van der Waals surface area contributed by atoms with Crippen LogP contribution in [0.1, 0.15) is 31.0 Å². The van der Waals surface area contributed by atoms with Gasteiger partial charge in [0, 0.05) is 22.6 Å². The van der Waals surface area contributed by atoms with E-state index in [9.17, 15) is 18.0 Å². The first-order valence-corrected chi connectivity index (χ1v) is 9.22. The summed E-state index contributed by atoms with van der Waals surface area (Å²) >= 11 is 6.39. The number of pyridine rings is 1. The molecule has 3 aromatic rings. The number of hydrogen-bond acceptors (Lipinski definition) is 2. The van der Waals surface area contributed by atoms with Crippen molar-refractivity contribution in [1.82, 2.24) is 4.98 Å². The van der Waals surface area contributed by atoms with Gasteiger partial charge in [-0.1, -0.05) is 55.8 Å². The Bertz CT molecular complexity index is 1110. The SMILES string of the molecule is CC1(C)c2c(ccc3[nH]c(=O)cc(Cl)c23)N(CC(F)(F)F)C1c1ccccc1. The van der Waals surface area contributed by atoms with Crippen molar-refractivity contribution in [2.45, 2.75) is 31.5 Å². The van der Waals surface area contributed by atoms with E-state index in [-0.39, 0.29) is 10.6 Å². The van der Waals surface area contributed by atoms with Crippen LogP contribution >= 0.6 is 11.6 Å². The van der Waals surface area contributed by atoms with E-state index < -0.39 is 24.2 Å². The van der Waals surface area contributed by atoms with Crippen LogP contribution in [0.25, 0.3) is 10.9 Å². The van der Waals surface area contributed by atoms with Crippen molar-refractivity contribution < 1.29 is 13.2 Å². The van der Waals surface area contributed by atoms with Crippen molar-refractivity contribution in [3.8, 4) is 0 Å². The van der Waals surface area contributed by atoms with E-state index in [0.717, 1.165) is 5.56 Å². The Morgan fingerprint density at radius 3 is 2.46 bits per heavy atom. The van der Waals surface area contributed by atoms with Gasteiger partial charge in [-0.2, -0.15) is 13.2 Å². The summed E-state index contributed by atoms with van der Waals surface area (Å²) in [6, 6.07) is 13.2. The first kappa shape index (κ1) is 18.9. The predicted octanol–water partition coefficient (Wildman–Crippen LogP) is 5.58. The van der Waals surface area contributed by atoms with Crippen molar-refractivity contribution in [2.24, 2.45) is 0 Å². The minimum atomic E-state index is -4.37. The number of rotatable bonds is 2. The minimum absolute atomic E-state index is 0.240. The molecule has 1 aliphatic rings. The third kappa shape index (κ3) is 2.96. The average Bonchev–Trinajstić information content (AvgIpc) is 2.80. The second kappa shape index (κ2) is 6.27. The van der Waals surface area contributed by atoms with Gasteiger partial charge in [-0.05, 0) is 23.3 Å². The third-order valence-corrected chi connectivity index (χ3v) is 5.65. The maximum absolute atomic E-state index is 13.5. The standard InChI is InChI=1S/C21H18ClF3N2O/c1-20(2)18-15(9-8-14-17(18)13(22)10-16(28)26-14)27(11-21(23,24)25)19(20)12-6-4-3-5-7-12/h3-10,19H,11H2,1-2H3,(H,26,28). The van der Waals surface area contributed by atoms with Crippen molar-refractivity contribution in [1.29, 1.82) is 0 Å². The largest absolute Gasteiger partial charge is 0.405 e. The van der Waals surface area contributed by atoms with Gasteiger partial charge in [0.15, 0.2) is 0 Å². The molecule has 0 spiro atoms. The van der Waals surface area contributed by atoms with Crippen LogP contribution in [0.5, 0.6) is 0 Å². The van der Waals surface area contributed by atoms with Gasteiger partial charge >= 0.3 is 6.18 Å². The minimum Gasteiger partial charge on any atom is -0.354 e. The molecule has 2 heterocycles. The van der Waals surface area contributed by atoms with Crippen LogP contribution in [0.2, 0.25) is 5.02 Å². The highest BCUT2D eigenvalue weighted by Crippen LogP contribution is 2.56. The molecule has 0 radical (unpaired) electrons. The molecule has 146 valence electrons. The summed E-state index contributed by atoms with van der Waals surface area (Å²) < 4.78 is 40.4. The Hall–Kier alpha value is -2.47. The van der Waals surface area contributed by atoms with Crippen molar-refractivity contribution >= 4 is 28.2 Å². The summed E-state index contributed by atoms with van der Waals surface area (Å²) in [6.07, 6.45) is -4.37. The highest BCUT2D eigenvalue weighted by atomic mass is 35.5. The lowest BCUT2D eigenvalue weighted by Crippen LogP contribution is -2.39. The number of benzene rings is 2. The molecule has 0 saturated heterocycles. The molecule has 3 nitrogen and oxygen atoms in total. The number of halogens is 4. The van der Waals surface area contributed by atoms with Gasteiger partial charge in [0.2, 0.25) is 5.56 Å². The van der Waals surface area contributed by atoms with Gasteiger partial charge in [-0.25, -0.2) is 0 Å². The van der Waals surface area contributed by atoms with Crippen LogP contribution in [-0.4, -0.2) is 17.7 Å². The number of nitrogens with zero attached hydrogens (tertiary/aromatic N) is 1. The average molecular weight is 407 g/mol. The summed E-state index contributed by atoms with van der Waals surface area (Å²) in [6.45, 7) is 2.76. The van der Waals surface area contributed by atoms with Gasteiger partial charge in [0.1, 0.15) is 6.54 Å². The lowest BCUT2D eigenvalue weighted by molar-refractivity contribution is -0.120. The zero-order valence-electron chi connectivity index (χ0n) is 15.3. The first-order chi connectivity index (χ1) is 13.1. The summed E-state index contributed by atoms with van der Waals surface area (Å²) in [4.78, 5) is 15.9. The lowest BCUT2D eigenvalue weighted by atomic mass is 9.76. The summed E-state index contributed by atoms with van der Waals surface area (Å²) in [7, 11) is 0. The number of aromatic nitrogens is 1. The zero-order valence-corrected chi connectivity index (χ0v) is 16.0. The number of anilines is 1. The fourth-order valence-corrected chi connectivity index (χ4v) is 4.75. The molecule has 1 unspecified atom stereocenters. The predicted molar refractivity (Wildman–Crippen MR) is 105 cm³/mol. The fourth-order valence-electron chi connectivity index (χ4n) is 4.46. The second-order valence-corrected chi connectivity index (χ2v) is 8.05. The molecule has 0 aliphatic carbocycles. The molecule has 0 bridgehead atoms. The molecule has 4 rings (SSSR count). The summed E-state index contributed by atoms with van der Waals surface area (Å²) in [5.74, 6) is 0. The quantitative estimate of drug-likeness (QED) is 0.602. The number of fused-ring (bicyclic) bond motifs is 3.